The second-order valence-corrected chi connectivity index (χ2v) is 6.47. The highest BCUT2D eigenvalue weighted by Gasteiger charge is 2.32. The summed E-state index contributed by atoms with van der Waals surface area (Å²) in [6.45, 7) is 10.3. The van der Waals surface area contributed by atoms with Crippen molar-refractivity contribution >= 4 is 0 Å². The zero-order valence-corrected chi connectivity index (χ0v) is 11.5. The lowest BCUT2D eigenvalue weighted by Gasteiger charge is -2.40. The van der Waals surface area contributed by atoms with E-state index in [2.05, 4.69) is 26.1 Å². The minimum Gasteiger partial charge on any atom is -0.376 e. The van der Waals surface area contributed by atoms with Crippen LogP contribution in [-0.4, -0.2) is 38.5 Å². The molecular weight excluding hydrogens is 214 g/mol. The third-order valence-electron chi connectivity index (χ3n) is 4.19. The minimum absolute atomic E-state index is 0.255. The molecule has 3 unspecified atom stereocenters. The predicted molar refractivity (Wildman–Crippen MR) is 69.1 cm³/mol. The maximum Gasteiger partial charge on any atom is 0.0933 e. The molecule has 1 N–H and O–H groups in total. The molecule has 1 saturated carbocycles. The summed E-state index contributed by atoms with van der Waals surface area (Å²) in [6, 6.07) is 0.661. The van der Waals surface area contributed by atoms with E-state index in [9.17, 15) is 0 Å². The van der Waals surface area contributed by atoms with E-state index in [1.807, 2.05) is 0 Å². The lowest BCUT2D eigenvalue weighted by atomic mass is 9.70. The van der Waals surface area contributed by atoms with Crippen molar-refractivity contribution in [2.75, 3.05) is 26.4 Å². The Balaban J connectivity index is 1.72. The Bertz CT molecular complexity index is 236. The van der Waals surface area contributed by atoms with Gasteiger partial charge in [-0.1, -0.05) is 20.8 Å². The monoisotopic (exact) mass is 241 g/mol. The molecule has 1 aliphatic heterocycles. The van der Waals surface area contributed by atoms with Crippen LogP contribution in [0.25, 0.3) is 0 Å². The van der Waals surface area contributed by atoms with Crippen molar-refractivity contribution in [3.05, 3.63) is 0 Å². The smallest absolute Gasteiger partial charge is 0.0933 e. The summed E-state index contributed by atoms with van der Waals surface area (Å²) >= 11 is 0. The molecule has 2 rings (SSSR count). The van der Waals surface area contributed by atoms with Crippen LogP contribution in [0.15, 0.2) is 0 Å². The lowest BCUT2D eigenvalue weighted by Crippen LogP contribution is -2.46. The Morgan fingerprint density at radius 1 is 1.29 bits per heavy atom. The van der Waals surface area contributed by atoms with Crippen LogP contribution in [-0.2, 0) is 9.47 Å². The number of nitrogens with one attached hydrogen (secondary N) is 1. The molecule has 100 valence electrons. The summed E-state index contributed by atoms with van der Waals surface area (Å²) in [7, 11) is 0. The van der Waals surface area contributed by atoms with Gasteiger partial charge in [0.15, 0.2) is 0 Å². The van der Waals surface area contributed by atoms with E-state index in [1.165, 1.54) is 19.3 Å². The molecule has 2 aliphatic rings. The van der Waals surface area contributed by atoms with Crippen molar-refractivity contribution in [3.63, 3.8) is 0 Å². The first-order chi connectivity index (χ1) is 8.07. The van der Waals surface area contributed by atoms with Crippen molar-refractivity contribution in [2.24, 2.45) is 11.3 Å². The summed E-state index contributed by atoms with van der Waals surface area (Å²) < 4.78 is 11.1. The maximum atomic E-state index is 5.66. The van der Waals surface area contributed by atoms with Crippen molar-refractivity contribution in [1.82, 2.24) is 5.32 Å². The Labute approximate surface area is 105 Å². The molecule has 1 aliphatic carbocycles. The summed E-state index contributed by atoms with van der Waals surface area (Å²) in [4.78, 5) is 0. The molecule has 3 atom stereocenters. The topological polar surface area (TPSA) is 30.5 Å². The van der Waals surface area contributed by atoms with E-state index in [1.54, 1.807) is 0 Å². The highest BCUT2D eigenvalue weighted by atomic mass is 16.6. The first-order valence-corrected chi connectivity index (χ1v) is 6.99. The van der Waals surface area contributed by atoms with E-state index >= 15 is 0 Å². The average molecular weight is 241 g/mol. The minimum atomic E-state index is 0.255. The number of hydrogen-bond acceptors (Lipinski definition) is 3. The van der Waals surface area contributed by atoms with E-state index in [0.29, 0.717) is 11.5 Å². The van der Waals surface area contributed by atoms with E-state index in [4.69, 9.17) is 9.47 Å². The van der Waals surface area contributed by atoms with Gasteiger partial charge in [0.2, 0.25) is 0 Å². The highest BCUT2D eigenvalue weighted by Crippen LogP contribution is 2.38. The molecule has 0 spiro atoms. The number of rotatable bonds is 3. The fraction of sp³-hybridized carbons (Fsp3) is 1.00. The first-order valence-electron chi connectivity index (χ1n) is 6.99. The van der Waals surface area contributed by atoms with E-state index in [-0.39, 0.29) is 6.10 Å². The zero-order valence-electron chi connectivity index (χ0n) is 11.5. The average Bonchev–Trinajstić information content (AvgIpc) is 2.28. The number of ether oxygens (including phenoxy) is 2. The van der Waals surface area contributed by atoms with Gasteiger partial charge in [-0.05, 0) is 30.6 Å². The van der Waals surface area contributed by atoms with Gasteiger partial charge in [0, 0.05) is 12.6 Å². The summed E-state index contributed by atoms with van der Waals surface area (Å²) in [5.41, 5.74) is 0.530. The fourth-order valence-corrected chi connectivity index (χ4v) is 3.19. The van der Waals surface area contributed by atoms with Gasteiger partial charge in [0.05, 0.1) is 25.9 Å². The van der Waals surface area contributed by atoms with Crippen LogP contribution in [0.1, 0.15) is 40.0 Å². The molecule has 0 aromatic carbocycles. The molecule has 17 heavy (non-hydrogen) atoms. The van der Waals surface area contributed by atoms with Gasteiger partial charge in [0.25, 0.3) is 0 Å². The summed E-state index contributed by atoms with van der Waals surface area (Å²) in [5.74, 6) is 0.767. The van der Waals surface area contributed by atoms with E-state index in [0.717, 1.165) is 32.3 Å². The molecule has 2 fully saturated rings. The number of hydrogen-bond donors (Lipinski definition) is 1. The van der Waals surface area contributed by atoms with Crippen molar-refractivity contribution < 1.29 is 9.47 Å². The third kappa shape index (κ3) is 3.94. The maximum absolute atomic E-state index is 5.66. The van der Waals surface area contributed by atoms with Crippen molar-refractivity contribution in [3.8, 4) is 0 Å². The Morgan fingerprint density at radius 2 is 2.12 bits per heavy atom. The van der Waals surface area contributed by atoms with E-state index < -0.39 is 0 Å². The van der Waals surface area contributed by atoms with Gasteiger partial charge in [-0.2, -0.15) is 0 Å². The quantitative estimate of drug-likeness (QED) is 0.822. The molecule has 0 aromatic rings. The summed E-state index contributed by atoms with van der Waals surface area (Å²) in [6.07, 6.45) is 4.21. The van der Waals surface area contributed by atoms with Gasteiger partial charge in [-0.15, -0.1) is 0 Å². The van der Waals surface area contributed by atoms with Gasteiger partial charge in [-0.25, -0.2) is 0 Å². The van der Waals surface area contributed by atoms with Gasteiger partial charge in [-0.3, -0.25) is 0 Å². The van der Waals surface area contributed by atoms with Gasteiger partial charge < -0.3 is 14.8 Å². The van der Waals surface area contributed by atoms with Crippen LogP contribution in [0.5, 0.6) is 0 Å². The molecule has 0 bridgehead atoms. The third-order valence-corrected chi connectivity index (χ3v) is 4.19. The van der Waals surface area contributed by atoms with Crippen LogP contribution >= 0.6 is 0 Å². The van der Waals surface area contributed by atoms with Crippen LogP contribution in [0.4, 0.5) is 0 Å². The van der Waals surface area contributed by atoms with Crippen LogP contribution in [0.2, 0.25) is 0 Å². The predicted octanol–water partition coefficient (Wildman–Crippen LogP) is 2.21. The normalized spacial score (nSPS) is 37.9. The second kappa shape index (κ2) is 5.68. The molecule has 0 aromatic heterocycles. The van der Waals surface area contributed by atoms with Gasteiger partial charge >= 0.3 is 0 Å². The van der Waals surface area contributed by atoms with Crippen LogP contribution in [0, 0.1) is 11.3 Å². The molecule has 1 saturated heterocycles. The molecule has 0 radical (unpaired) electrons. The fourth-order valence-electron chi connectivity index (χ4n) is 3.19. The standard InChI is InChI=1S/C14H27NO2/c1-11-8-14(2,3)5-4-13(11)15-9-12-10-16-6-7-17-12/h11-13,15H,4-10H2,1-3H3. The second-order valence-electron chi connectivity index (χ2n) is 6.47. The Kier molecular flexibility index (Phi) is 4.45. The van der Waals surface area contributed by atoms with Gasteiger partial charge in [0.1, 0.15) is 0 Å². The molecule has 3 nitrogen and oxygen atoms in total. The molecule has 1 heterocycles. The molecule has 0 amide bonds. The Hall–Kier alpha value is -0.120. The molecular formula is C14H27NO2. The summed E-state index contributed by atoms with van der Waals surface area (Å²) in [5, 5.41) is 3.67. The highest BCUT2D eigenvalue weighted by molar-refractivity contribution is 4.87. The SMILES string of the molecule is CC1CC(C)(C)CCC1NCC1COCCO1. The van der Waals surface area contributed by atoms with Crippen LogP contribution < -0.4 is 5.32 Å². The molecule has 3 heteroatoms. The lowest BCUT2D eigenvalue weighted by molar-refractivity contribution is -0.0880. The van der Waals surface area contributed by atoms with Crippen LogP contribution in [0.3, 0.4) is 0 Å². The largest absolute Gasteiger partial charge is 0.376 e. The van der Waals surface area contributed by atoms with Crippen molar-refractivity contribution in [1.29, 1.82) is 0 Å². The Morgan fingerprint density at radius 3 is 2.76 bits per heavy atom. The van der Waals surface area contributed by atoms with Crippen molar-refractivity contribution in [2.45, 2.75) is 52.2 Å². The zero-order chi connectivity index (χ0) is 12.3. The first kappa shape index (κ1) is 13.3.